The molecule has 0 aromatic rings. The first-order valence-electron chi connectivity index (χ1n) is 18.1. The van der Waals surface area contributed by atoms with Gasteiger partial charge in [-0.25, -0.2) is 0 Å². The van der Waals surface area contributed by atoms with Crippen LogP contribution in [0, 0.1) is 0 Å². The van der Waals surface area contributed by atoms with E-state index in [4.69, 9.17) is 9.47 Å². The van der Waals surface area contributed by atoms with Gasteiger partial charge in [0.25, 0.3) is 0 Å². The summed E-state index contributed by atoms with van der Waals surface area (Å²) >= 11 is 0. The molecule has 1 rings (SSSR count). The summed E-state index contributed by atoms with van der Waals surface area (Å²) in [4.78, 5) is 12.8. The summed E-state index contributed by atoms with van der Waals surface area (Å²) in [6.45, 7) is 3.67. The quantitative estimate of drug-likeness (QED) is 0.0478. The van der Waals surface area contributed by atoms with Crippen molar-refractivity contribution in [1.82, 2.24) is 5.32 Å². The smallest absolute Gasteiger partial charge is 0.220 e. The third-order valence-electron chi connectivity index (χ3n) is 8.53. The van der Waals surface area contributed by atoms with Gasteiger partial charge in [0.15, 0.2) is 6.29 Å². The number of amides is 1. The van der Waals surface area contributed by atoms with Gasteiger partial charge in [0.1, 0.15) is 24.4 Å². The van der Waals surface area contributed by atoms with E-state index in [0.717, 1.165) is 38.5 Å². The number of nitrogens with one attached hydrogen (secondary N) is 1. The largest absolute Gasteiger partial charge is 0.394 e. The summed E-state index contributed by atoms with van der Waals surface area (Å²) in [6, 6.07) is -0.812. The van der Waals surface area contributed by atoms with Gasteiger partial charge >= 0.3 is 0 Å². The molecule has 1 aliphatic heterocycles. The molecule has 7 atom stereocenters. The molecule has 1 fully saturated rings. The van der Waals surface area contributed by atoms with Crippen LogP contribution in [0.1, 0.15) is 142 Å². The molecule has 0 spiro atoms. The van der Waals surface area contributed by atoms with E-state index in [9.17, 15) is 30.3 Å². The lowest BCUT2D eigenvalue weighted by atomic mass is 9.99. The van der Waals surface area contributed by atoms with Crippen molar-refractivity contribution < 1.29 is 39.8 Å². The molecule has 0 saturated carbocycles. The molecule has 1 heterocycles. The van der Waals surface area contributed by atoms with E-state index < -0.39 is 49.5 Å². The predicted molar refractivity (Wildman–Crippen MR) is 180 cm³/mol. The predicted octanol–water partition coefficient (Wildman–Crippen LogP) is 5.60. The number of hydrogen-bond donors (Lipinski definition) is 6. The number of carbonyl (C=O) groups is 1. The number of carbonyl (C=O) groups excluding carboxylic acids is 1. The highest BCUT2D eigenvalue weighted by Gasteiger charge is 2.44. The van der Waals surface area contributed by atoms with E-state index in [2.05, 4.69) is 31.3 Å². The van der Waals surface area contributed by atoms with Crippen molar-refractivity contribution >= 4 is 5.91 Å². The van der Waals surface area contributed by atoms with E-state index in [-0.39, 0.29) is 12.5 Å². The minimum atomic E-state index is -1.57. The zero-order valence-electron chi connectivity index (χ0n) is 28.4. The first-order chi connectivity index (χ1) is 21.8. The van der Waals surface area contributed by atoms with Crippen molar-refractivity contribution in [2.24, 2.45) is 0 Å². The Morgan fingerprint density at radius 3 is 1.87 bits per heavy atom. The van der Waals surface area contributed by atoms with Crippen LogP contribution >= 0.6 is 0 Å². The van der Waals surface area contributed by atoms with Gasteiger partial charge in [-0.15, -0.1) is 0 Å². The summed E-state index contributed by atoms with van der Waals surface area (Å²) in [5, 5.41) is 53.6. The van der Waals surface area contributed by atoms with Crippen molar-refractivity contribution in [3.8, 4) is 0 Å². The van der Waals surface area contributed by atoms with Gasteiger partial charge in [0, 0.05) is 6.42 Å². The first-order valence-corrected chi connectivity index (χ1v) is 18.1. The normalized spacial score (nSPS) is 23.6. The number of unbranched alkanes of at least 4 members (excludes halogenated alkanes) is 16. The van der Waals surface area contributed by atoms with Gasteiger partial charge in [0.2, 0.25) is 5.91 Å². The van der Waals surface area contributed by atoms with Crippen LogP contribution < -0.4 is 5.32 Å². The van der Waals surface area contributed by atoms with Gasteiger partial charge in [-0.1, -0.05) is 128 Å². The fourth-order valence-electron chi connectivity index (χ4n) is 5.52. The van der Waals surface area contributed by atoms with Gasteiger partial charge in [-0.3, -0.25) is 4.79 Å². The van der Waals surface area contributed by atoms with Crippen molar-refractivity contribution in [3.63, 3.8) is 0 Å². The number of aliphatic hydroxyl groups excluding tert-OH is 5. The third-order valence-corrected chi connectivity index (χ3v) is 8.53. The topological polar surface area (TPSA) is 149 Å². The van der Waals surface area contributed by atoms with Crippen LogP contribution in [-0.2, 0) is 14.3 Å². The Hall–Kier alpha value is -1.33. The van der Waals surface area contributed by atoms with Crippen LogP contribution in [0.5, 0.6) is 0 Å². The molecular weight excluding hydrogens is 574 g/mol. The Balaban J connectivity index is 2.49. The molecule has 6 N–H and O–H groups in total. The van der Waals surface area contributed by atoms with E-state index >= 15 is 0 Å². The average molecular weight is 642 g/mol. The number of hydrogen-bond acceptors (Lipinski definition) is 8. The molecule has 0 aromatic heterocycles. The van der Waals surface area contributed by atoms with Crippen molar-refractivity contribution in [2.45, 2.75) is 185 Å². The van der Waals surface area contributed by atoms with E-state index in [1.54, 1.807) is 6.08 Å². The number of allylic oxidation sites excluding steroid dienone is 3. The molecule has 0 aromatic carbocycles. The molecule has 0 bridgehead atoms. The fraction of sp³-hybridized carbons (Fsp3) is 0.861. The highest BCUT2D eigenvalue weighted by molar-refractivity contribution is 5.76. The van der Waals surface area contributed by atoms with Crippen LogP contribution in [0.25, 0.3) is 0 Å². The van der Waals surface area contributed by atoms with Crippen LogP contribution in [0.2, 0.25) is 0 Å². The van der Waals surface area contributed by atoms with E-state index in [1.807, 2.05) is 6.08 Å². The number of ether oxygens (including phenoxy) is 2. The van der Waals surface area contributed by atoms with E-state index in [0.29, 0.717) is 6.42 Å². The Kier molecular flexibility index (Phi) is 25.7. The van der Waals surface area contributed by atoms with Gasteiger partial charge in [-0.05, 0) is 32.1 Å². The third kappa shape index (κ3) is 19.8. The molecule has 1 saturated heterocycles. The number of aliphatic hydroxyl groups is 5. The van der Waals surface area contributed by atoms with E-state index in [1.165, 1.54) is 83.5 Å². The molecule has 1 aliphatic rings. The van der Waals surface area contributed by atoms with Crippen molar-refractivity contribution in [1.29, 1.82) is 0 Å². The maximum atomic E-state index is 12.8. The molecule has 0 radical (unpaired) electrons. The van der Waals surface area contributed by atoms with Crippen LogP contribution in [0.3, 0.4) is 0 Å². The Morgan fingerprint density at radius 1 is 0.733 bits per heavy atom. The standard InChI is InChI=1S/C36H67NO8/c1-3-5-7-9-11-13-14-15-16-18-20-22-24-26-32(40)37-29(30(39)25-23-21-19-17-12-10-8-6-4-2)28-44-36-35(43)34(42)33(41)31(27-38)45-36/h12,17,23,25,29-31,33-36,38-39,41-43H,3-11,13-16,18-22,24,26-28H2,1-2H3,(H,37,40)/b17-12+,25-23+/t29-,30+,31-,33-,34?,35?,36-/m0/s1. The zero-order chi connectivity index (χ0) is 33.1. The number of rotatable bonds is 28. The molecule has 9 nitrogen and oxygen atoms in total. The summed E-state index contributed by atoms with van der Waals surface area (Å²) in [6.07, 6.45) is 22.3. The second-order valence-corrected chi connectivity index (χ2v) is 12.7. The monoisotopic (exact) mass is 641 g/mol. The van der Waals surface area contributed by atoms with Crippen LogP contribution in [0.15, 0.2) is 24.3 Å². The zero-order valence-corrected chi connectivity index (χ0v) is 28.4. The highest BCUT2D eigenvalue weighted by atomic mass is 16.7. The van der Waals surface area contributed by atoms with Crippen LogP contribution in [0.4, 0.5) is 0 Å². The van der Waals surface area contributed by atoms with Crippen molar-refractivity contribution in [3.05, 3.63) is 24.3 Å². The maximum absolute atomic E-state index is 12.8. The SMILES string of the molecule is CCCCC/C=C/CC/C=C/[C@@H](O)[C@H](CO[C@H]1O[C@@H](CO)[C@H](O)C(O)C1O)NC(=O)CCCCCCCCCCCCCCC. The second-order valence-electron chi connectivity index (χ2n) is 12.7. The maximum Gasteiger partial charge on any atom is 0.220 e. The molecule has 9 heteroatoms. The Labute approximate surface area is 273 Å². The molecule has 1 amide bonds. The molecular formula is C36H67NO8. The second kappa shape index (κ2) is 27.8. The fourth-order valence-corrected chi connectivity index (χ4v) is 5.52. The van der Waals surface area contributed by atoms with Gasteiger partial charge < -0.3 is 40.3 Å². The summed E-state index contributed by atoms with van der Waals surface area (Å²) < 4.78 is 11.1. The summed E-state index contributed by atoms with van der Waals surface area (Å²) in [5.74, 6) is -0.192. The molecule has 0 aliphatic carbocycles. The molecule has 45 heavy (non-hydrogen) atoms. The summed E-state index contributed by atoms with van der Waals surface area (Å²) in [7, 11) is 0. The lowest BCUT2D eigenvalue weighted by Crippen LogP contribution is -2.60. The molecule has 264 valence electrons. The first kappa shape index (κ1) is 41.7. The molecule has 2 unspecified atom stereocenters. The Bertz CT molecular complexity index is 761. The lowest BCUT2D eigenvalue weighted by molar-refractivity contribution is -0.302. The average Bonchev–Trinajstić information content (AvgIpc) is 3.04. The lowest BCUT2D eigenvalue weighted by Gasteiger charge is -2.40. The minimum Gasteiger partial charge on any atom is -0.394 e. The van der Waals surface area contributed by atoms with Gasteiger partial charge in [0.05, 0.1) is 25.4 Å². The minimum absolute atomic E-state index is 0.192. The highest BCUT2D eigenvalue weighted by Crippen LogP contribution is 2.22. The van der Waals surface area contributed by atoms with Crippen LogP contribution in [-0.4, -0.2) is 87.5 Å². The summed E-state index contributed by atoms with van der Waals surface area (Å²) in [5.41, 5.74) is 0. The van der Waals surface area contributed by atoms with Crippen molar-refractivity contribution in [2.75, 3.05) is 13.2 Å². The Morgan fingerprint density at radius 2 is 1.27 bits per heavy atom. The van der Waals surface area contributed by atoms with Gasteiger partial charge in [-0.2, -0.15) is 0 Å².